The van der Waals surface area contributed by atoms with Gasteiger partial charge in [-0.15, -0.1) is 0 Å². The van der Waals surface area contributed by atoms with Crippen LogP contribution in [0.15, 0.2) is 30.3 Å². The second-order valence-corrected chi connectivity index (χ2v) is 6.51. The molecule has 1 aromatic carbocycles. The molecule has 0 bridgehead atoms. The standard InChI is InChI=1S/C20H26N4O4/c1-14-12-18(24-20(23-14)22-13-17-4-3-10-27-17)19(25)21-9-11-28-16-7-5-15(26-2)6-8-16/h5-8,12,17H,3-4,9-11,13H2,1-2H3,(H,21,25)(H,22,23,24). The Bertz CT molecular complexity index is 776. The van der Waals surface area contributed by atoms with Gasteiger partial charge in [0.05, 0.1) is 19.8 Å². The van der Waals surface area contributed by atoms with Crippen LogP contribution in [0.25, 0.3) is 0 Å². The smallest absolute Gasteiger partial charge is 0.270 e. The third-order valence-electron chi connectivity index (χ3n) is 4.31. The average Bonchev–Trinajstić information content (AvgIpc) is 3.23. The van der Waals surface area contributed by atoms with E-state index in [1.807, 2.05) is 31.2 Å². The van der Waals surface area contributed by atoms with E-state index in [2.05, 4.69) is 20.6 Å². The van der Waals surface area contributed by atoms with Gasteiger partial charge in [-0.25, -0.2) is 9.97 Å². The first-order chi connectivity index (χ1) is 13.6. The highest BCUT2D eigenvalue weighted by Gasteiger charge is 2.16. The normalized spacial score (nSPS) is 15.9. The van der Waals surface area contributed by atoms with E-state index in [-0.39, 0.29) is 12.0 Å². The van der Waals surface area contributed by atoms with E-state index >= 15 is 0 Å². The van der Waals surface area contributed by atoms with Gasteiger partial charge in [0.15, 0.2) is 0 Å². The van der Waals surface area contributed by atoms with Crippen molar-refractivity contribution in [2.45, 2.75) is 25.9 Å². The molecular weight excluding hydrogens is 360 g/mol. The van der Waals surface area contributed by atoms with Crippen molar-refractivity contribution in [3.63, 3.8) is 0 Å². The average molecular weight is 386 g/mol. The van der Waals surface area contributed by atoms with Crippen LogP contribution < -0.4 is 20.1 Å². The van der Waals surface area contributed by atoms with E-state index in [0.717, 1.165) is 30.9 Å². The summed E-state index contributed by atoms with van der Waals surface area (Å²) in [6, 6.07) is 8.95. The molecule has 1 amide bonds. The van der Waals surface area contributed by atoms with Crippen molar-refractivity contribution in [3.8, 4) is 11.5 Å². The minimum atomic E-state index is -0.260. The second-order valence-electron chi connectivity index (χ2n) is 6.51. The summed E-state index contributed by atoms with van der Waals surface area (Å²) < 4.78 is 16.3. The summed E-state index contributed by atoms with van der Waals surface area (Å²) in [4.78, 5) is 21.0. The highest BCUT2D eigenvalue weighted by Crippen LogP contribution is 2.16. The molecule has 1 saturated heterocycles. The number of benzene rings is 1. The van der Waals surface area contributed by atoms with Crippen LogP contribution in [0.1, 0.15) is 29.0 Å². The van der Waals surface area contributed by atoms with Gasteiger partial charge in [0, 0.05) is 18.8 Å². The number of aryl methyl sites for hydroxylation is 1. The molecule has 2 aromatic rings. The van der Waals surface area contributed by atoms with E-state index in [4.69, 9.17) is 14.2 Å². The molecule has 2 N–H and O–H groups in total. The summed E-state index contributed by atoms with van der Waals surface area (Å²) in [5.74, 6) is 1.66. The van der Waals surface area contributed by atoms with Gasteiger partial charge in [-0.05, 0) is 50.1 Å². The number of carbonyl (C=O) groups is 1. The SMILES string of the molecule is COc1ccc(OCCNC(=O)c2cc(C)nc(NCC3CCCO3)n2)cc1. The summed E-state index contributed by atoms with van der Waals surface area (Å²) >= 11 is 0. The first-order valence-electron chi connectivity index (χ1n) is 9.40. The van der Waals surface area contributed by atoms with Crippen LogP contribution in [-0.2, 0) is 4.74 Å². The highest BCUT2D eigenvalue weighted by atomic mass is 16.5. The fraction of sp³-hybridized carbons (Fsp3) is 0.450. The minimum Gasteiger partial charge on any atom is -0.497 e. The van der Waals surface area contributed by atoms with E-state index in [1.54, 1.807) is 13.2 Å². The number of ether oxygens (including phenoxy) is 3. The Balaban J connectivity index is 1.46. The monoisotopic (exact) mass is 386 g/mol. The van der Waals surface area contributed by atoms with Crippen LogP contribution in [0.2, 0.25) is 0 Å². The molecule has 0 spiro atoms. The number of methoxy groups -OCH3 is 1. The Kier molecular flexibility index (Phi) is 7.02. The molecule has 0 aliphatic carbocycles. The fourth-order valence-corrected chi connectivity index (χ4v) is 2.87. The molecule has 0 radical (unpaired) electrons. The van der Waals surface area contributed by atoms with E-state index in [9.17, 15) is 4.79 Å². The van der Waals surface area contributed by atoms with E-state index in [0.29, 0.717) is 37.1 Å². The molecule has 3 rings (SSSR count). The topological polar surface area (TPSA) is 94.6 Å². The van der Waals surface area contributed by atoms with E-state index < -0.39 is 0 Å². The van der Waals surface area contributed by atoms with Crippen LogP contribution in [0.3, 0.4) is 0 Å². The summed E-state index contributed by atoms with van der Waals surface area (Å²) in [7, 11) is 1.61. The van der Waals surface area contributed by atoms with Crippen molar-refractivity contribution >= 4 is 11.9 Å². The van der Waals surface area contributed by atoms with Crippen molar-refractivity contribution in [3.05, 3.63) is 41.7 Å². The van der Waals surface area contributed by atoms with Crippen LogP contribution in [0, 0.1) is 6.92 Å². The maximum Gasteiger partial charge on any atom is 0.270 e. The third-order valence-corrected chi connectivity index (χ3v) is 4.31. The fourth-order valence-electron chi connectivity index (χ4n) is 2.87. The predicted molar refractivity (Wildman–Crippen MR) is 105 cm³/mol. The molecule has 1 fully saturated rings. The molecular formula is C20H26N4O4. The van der Waals surface area contributed by atoms with Crippen molar-refractivity contribution < 1.29 is 19.0 Å². The summed E-state index contributed by atoms with van der Waals surface area (Å²) in [5.41, 5.74) is 1.05. The van der Waals surface area contributed by atoms with Crippen LogP contribution in [0.5, 0.6) is 11.5 Å². The first-order valence-corrected chi connectivity index (χ1v) is 9.40. The number of carbonyl (C=O) groups excluding carboxylic acids is 1. The van der Waals surface area contributed by atoms with Crippen LogP contribution in [-0.4, -0.2) is 55.4 Å². The van der Waals surface area contributed by atoms with Gasteiger partial charge >= 0.3 is 0 Å². The third kappa shape index (κ3) is 5.82. The Labute approximate surface area is 164 Å². The van der Waals surface area contributed by atoms with Gasteiger partial charge in [0.1, 0.15) is 23.8 Å². The van der Waals surface area contributed by atoms with Crippen molar-refractivity contribution in [1.82, 2.24) is 15.3 Å². The molecule has 2 heterocycles. The Hall–Kier alpha value is -2.87. The number of hydrogen-bond donors (Lipinski definition) is 2. The van der Waals surface area contributed by atoms with Gasteiger partial charge in [-0.1, -0.05) is 0 Å². The first kappa shape index (κ1) is 19.9. The molecule has 1 unspecified atom stereocenters. The quantitative estimate of drug-likeness (QED) is 0.638. The summed E-state index contributed by atoms with van der Waals surface area (Å²) in [6.45, 7) is 3.99. The molecule has 150 valence electrons. The van der Waals surface area contributed by atoms with Crippen molar-refractivity contribution in [1.29, 1.82) is 0 Å². The summed E-state index contributed by atoms with van der Waals surface area (Å²) in [6.07, 6.45) is 2.28. The number of anilines is 1. The molecule has 8 nitrogen and oxygen atoms in total. The number of rotatable bonds is 9. The van der Waals surface area contributed by atoms with Gasteiger partial charge in [-0.3, -0.25) is 4.79 Å². The molecule has 1 aliphatic rings. The second kappa shape index (κ2) is 9.89. The van der Waals surface area contributed by atoms with Crippen molar-refractivity contribution in [2.75, 3.05) is 38.7 Å². The zero-order valence-electron chi connectivity index (χ0n) is 16.2. The van der Waals surface area contributed by atoms with Gasteiger partial charge in [0.25, 0.3) is 5.91 Å². The molecule has 8 heteroatoms. The van der Waals surface area contributed by atoms with Crippen LogP contribution in [0.4, 0.5) is 5.95 Å². The molecule has 28 heavy (non-hydrogen) atoms. The largest absolute Gasteiger partial charge is 0.497 e. The lowest BCUT2D eigenvalue weighted by Gasteiger charge is -2.12. The Morgan fingerprint density at radius 3 is 2.75 bits per heavy atom. The minimum absolute atomic E-state index is 0.177. The van der Waals surface area contributed by atoms with Gasteiger partial charge in [-0.2, -0.15) is 0 Å². The number of nitrogens with zero attached hydrogens (tertiary/aromatic N) is 2. The maximum atomic E-state index is 12.4. The predicted octanol–water partition coefficient (Wildman–Crippen LogP) is 2.19. The zero-order chi connectivity index (χ0) is 19.8. The molecule has 0 saturated carbocycles. The molecule has 1 atom stereocenters. The van der Waals surface area contributed by atoms with Gasteiger partial charge < -0.3 is 24.8 Å². The Morgan fingerprint density at radius 2 is 2.04 bits per heavy atom. The van der Waals surface area contributed by atoms with Crippen LogP contribution >= 0.6 is 0 Å². The summed E-state index contributed by atoms with van der Waals surface area (Å²) in [5, 5.41) is 5.97. The number of amides is 1. The van der Waals surface area contributed by atoms with Crippen molar-refractivity contribution in [2.24, 2.45) is 0 Å². The maximum absolute atomic E-state index is 12.4. The lowest BCUT2D eigenvalue weighted by atomic mass is 10.2. The van der Waals surface area contributed by atoms with Gasteiger partial charge in [0.2, 0.25) is 5.95 Å². The lowest BCUT2D eigenvalue weighted by molar-refractivity contribution is 0.0942. The number of hydrogen-bond acceptors (Lipinski definition) is 7. The zero-order valence-corrected chi connectivity index (χ0v) is 16.2. The molecule has 1 aromatic heterocycles. The lowest BCUT2D eigenvalue weighted by Crippen LogP contribution is -2.29. The van der Waals surface area contributed by atoms with E-state index in [1.165, 1.54) is 0 Å². The number of nitrogens with one attached hydrogen (secondary N) is 2. The highest BCUT2D eigenvalue weighted by molar-refractivity contribution is 5.92. The Morgan fingerprint density at radius 1 is 1.25 bits per heavy atom. The number of aromatic nitrogens is 2. The molecule has 1 aliphatic heterocycles.